The lowest BCUT2D eigenvalue weighted by molar-refractivity contribution is 0.339. The number of rotatable bonds is 2. The number of ether oxygens (including phenoxy) is 1. The Morgan fingerprint density at radius 2 is 2.08 bits per heavy atom. The van der Waals surface area contributed by atoms with Crippen LogP contribution in [-0.4, -0.2) is 6.61 Å². The molecule has 0 aromatic heterocycles. The second-order valence-electron chi connectivity index (χ2n) is 2.37. The minimum Gasteiger partial charge on any atom is -0.492 e. The highest BCUT2D eigenvalue weighted by Gasteiger charge is 2.03. The molecule has 0 radical (unpaired) electrons. The normalized spacial score (nSPS) is 8.54. The van der Waals surface area contributed by atoms with Crippen LogP contribution in [0.3, 0.4) is 0 Å². The van der Waals surface area contributed by atoms with Crippen molar-refractivity contribution in [1.29, 1.82) is 10.5 Å². The molecule has 0 unspecified atom stereocenters. The van der Waals surface area contributed by atoms with Gasteiger partial charge in [0.05, 0.1) is 23.8 Å². The van der Waals surface area contributed by atoms with Crippen molar-refractivity contribution in [3.05, 3.63) is 29.3 Å². The van der Waals surface area contributed by atoms with Gasteiger partial charge in [-0.25, -0.2) is 0 Å². The van der Waals surface area contributed by atoms with Gasteiger partial charge in [-0.3, -0.25) is 0 Å². The Morgan fingerprint density at radius 3 is 2.62 bits per heavy atom. The van der Waals surface area contributed by atoms with E-state index in [1.54, 1.807) is 18.2 Å². The molecule has 0 amide bonds. The maximum Gasteiger partial charge on any atom is 0.138 e. The highest BCUT2D eigenvalue weighted by molar-refractivity contribution is 5.48. The molecule has 0 saturated carbocycles. The molecule has 0 fully saturated rings. The molecule has 0 heterocycles. The average molecular weight is 172 g/mol. The number of nitrogens with zero attached hydrogens (tertiary/aromatic N) is 2. The van der Waals surface area contributed by atoms with Crippen LogP contribution in [-0.2, 0) is 0 Å². The molecule has 0 aliphatic heterocycles. The van der Waals surface area contributed by atoms with E-state index >= 15 is 0 Å². The second kappa shape index (κ2) is 4.13. The summed E-state index contributed by atoms with van der Waals surface area (Å²) >= 11 is 0. The van der Waals surface area contributed by atoms with Crippen LogP contribution in [0.5, 0.6) is 5.75 Å². The molecule has 0 aliphatic rings. The molecule has 0 atom stereocenters. The van der Waals surface area contributed by atoms with Crippen molar-refractivity contribution in [3.8, 4) is 17.9 Å². The standard InChI is InChI=1S/C10H8N2O/c1-2-13-10-5-8(6-11)3-4-9(10)7-12/h3-5H,2H2,1H3. The number of hydrogen-bond donors (Lipinski definition) is 0. The topological polar surface area (TPSA) is 56.8 Å². The van der Waals surface area contributed by atoms with Gasteiger partial charge in [0, 0.05) is 0 Å². The smallest absolute Gasteiger partial charge is 0.138 e. The lowest BCUT2D eigenvalue weighted by Gasteiger charge is -2.04. The van der Waals surface area contributed by atoms with Gasteiger partial charge in [-0.2, -0.15) is 10.5 Å². The van der Waals surface area contributed by atoms with Crippen molar-refractivity contribution in [2.24, 2.45) is 0 Å². The van der Waals surface area contributed by atoms with Crippen LogP contribution >= 0.6 is 0 Å². The Labute approximate surface area is 76.8 Å². The fourth-order valence-corrected chi connectivity index (χ4v) is 0.959. The van der Waals surface area contributed by atoms with Gasteiger partial charge in [0.25, 0.3) is 0 Å². The van der Waals surface area contributed by atoms with E-state index in [4.69, 9.17) is 15.3 Å². The molecule has 0 bridgehead atoms. The molecular weight excluding hydrogens is 164 g/mol. The minimum atomic E-state index is 0.459. The Kier molecular flexibility index (Phi) is 2.89. The highest BCUT2D eigenvalue weighted by atomic mass is 16.5. The summed E-state index contributed by atoms with van der Waals surface area (Å²) in [5.74, 6) is 0.476. The van der Waals surface area contributed by atoms with Crippen LogP contribution in [0.1, 0.15) is 18.1 Å². The largest absolute Gasteiger partial charge is 0.492 e. The number of nitriles is 2. The van der Waals surface area contributed by atoms with Gasteiger partial charge in [-0.1, -0.05) is 0 Å². The molecule has 0 saturated heterocycles. The summed E-state index contributed by atoms with van der Waals surface area (Å²) < 4.78 is 5.20. The zero-order valence-corrected chi connectivity index (χ0v) is 7.24. The third-order valence-corrected chi connectivity index (χ3v) is 1.53. The van der Waals surface area contributed by atoms with Crippen molar-refractivity contribution >= 4 is 0 Å². The molecular formula is C10H8N2O. The van der Waals surface area contributed by atoms with E-state index in [0.717, 1.165) is 0 Å². The van der Waals surface area contributed by atoms with E-state index in [-0.39, 0.29) is 0 Å². The van der Waals surface area contributed by atoms with E-state index in [9.17, 15) is 0 Å². The van der Waals surface area contributed by atoms with Crippen LogP contribution < -0.4 is 4.74 Å². The second-order valence-corrected chi connectivity index (χ2v) is 2.37. The van der Waals surface area contributed by atoms with Gasteiger partial charge in [0.15, 0.2) is 0 Å². The van der Waals surface area contributed by atoms with Crippen molar-refractivity contribution in [1.82, 2.24) is 0 Å². The summed E-state index contributed by atoms with van der Waals surface area (Å²) in [7, 11) is 0. The summed E-state index contributed by atoms with van der Waals surface area (Å²) in [6.07, 6.45) is 0. The van der Waals surface area contributed by atoms with E-state index < -0.39 is 0 Å². The lowest BCUT2D eigenvalue weighted by Crippen LogP contribution is -1.94. The first kappa shape index (κ1) is 9.09. The Bertz CT molecular complexity index is 385. The van der Waals surface area contributed by atoms with Gasteiger partial charge >= 0.3 is 0 Å². The van der Waals surface area contributed by atoms with Gasteiger partial charge in [-0.05, 0) is 25.1 Å². The fraction of sp³-hybridized carbons (Fsp3) is 0.200. The Hall–Kier alpha value is -2.00. The third kappa shape index (κ3) is 1.98. The van der Waals surface area contributed by atoms with E-state index in [1.807, 2.05) is 19.1 Å². The average Bonchev–Trinajstić information content (AvgIpc) is 2.18. The molecule has 1 aromatic carbocycles. The van der Waals surface area contributed by atoms with Crippen LogP contribution in [0.15, 0.2) is 18.2 Å². The first-order chi connectivity index (χ1) is 6.31. The summed E-state index contributed by atoms with van der Waals surface area (Å²) in [6, 6.07) is 8.74. The van der Waals surface area contributed by atoms with Crippen LogP contribution in [0.4, 0.5) is 0 Å². The molecule has 0 spiro atoms. The quantitative estimate of drug-likeness (QED) is 0.683. The van der Waals surface area contributed by atoms with Crippen LogP contribution in [0.2, 0.25) is 0 Å². The summed E-state index contributed by atoms with van der Waals surface area (Å²) in [5, 5.41) is 17.3. The monoisotopic (exact) mass is 172 g/mol. The number of benzene rings is 1. The van der Waals surface area contributed by atoms with Gasteiger partial charge in [-0.15, -0.1) is 0 Å². The molecule has 3 heteroatoms. The first-order valence-corrected chi connectivity index (χ1v) is 3.89. The maximum atomic E-state index is 8.70. The van der Waals surface area contributed by atoms with Crippen molar-refractivity contribution in [2.75, 3.05) is 6.61 Å². The molecule has 3 nitrogen and oxygen atoms in total. The van der Waals surface area contributed by atoms with E-state index in [2.05, 4.69) is 0 Å². The fourth-order valence-electron chi connectivity index (χ4n) is 0.959. The molecule has 64 valence electrons. The Balaban J connectivity index is 3.13. The van der Waals surface area contributed by atoms with Crippen molar-refractivity contribution < 1.29 is 4.74 Å². The highest BCUT2D eigenvalue weighted by Crippen LogP contribution is 2.18. The maximum absolute atomic E-state index is 8.70. The van der Waals surface area contributed by atoms with Gasteiger partial charge < -0.3 is 4.74 Å². The van der Waals surface area contributed by atoms with Crippen LogP contribution in [0.25, 0.3) is 0 Å². The van der Waals surface area contributed by atoms with Gasteiger partial charge in [0.1, 0.15) is 11.8 Å². The molecule has 1 aromatic rings. The predicted octanol–water partition coefficient (Wildman–Crippen LogP) is 1.83. The zero-order chi connectivity index (χ0) is 9.68. The van der Waals surface area contributed by atoms with Crippen LogP contribution in [0, 0.1) is 22.7 Å². The number of hydrogen-bond acceptors (Lipinski definition) is 3. The predicted molar refractivity (Wildman–Crippen MR) is 47.0 cm³/mol. The molecule has 0 aliphatic carbocycles. The minimum absolute atomic E-state index is 0.459. The third-order valence-electron chi connectivity index (χ3n) is 1.53. The van der Waals surface area contributed by atoms with E-state index in [1.165, 1.54) is 0 Å². The molecule has 0 N–H and O–H groups in total. The summed E-state index contributed by atoms with van der Waals surface area (Å²) in [4.78, 5) is 0. The van der Waals surface area contributed by atoms with Crippen molar-refractivity contribution in [3.63, 3.8) is 0 Å². The van der Waals surface area contributed by atoms with Gasteiger partial charge in [0.2, 0.25) is 0 Å². The first-order valence-electron chi connectivity index (χ1n) is 3.89. The molecule has 1 rings (SSSR count). The Morgan fingerprint density at radius 1 is 1.31 bits per heavy atom. The SMILES string of the molecule is CCOc1cc(C#N)ccc1C#N. The zero-order valence-electron chi connectivity index (χ0n) is 7.24. The summed E-state index contributed by atoms with van der Waals surface area (Å²) in [5.41, 5.74) is 0.961. The summed E-state index contributed by atoms with van der Waals surface area (Å²) in [6.45, 7) is 2.32. The lowest BCUT2D eigenvalue weighted by atomic mass is 10.1. The van der Waals surface area contributed by atoms with E-state index in [0.29, 0.717) is 23.5 Å². The molecule has 13 heavy (non-hydrogen) atoms. The van der Waals surface area contributed by atoms with Crippen molar-refractivity contribution in [2.45, 2.75) is 6.92 Å².